The fourth-order valence-corrected chi connectivity index (χ4v) is 1.08. The van der Waals surface area contributed by atoms with Crippen molar-refractivity contribution in [2.24, 2.45) is 0 Å². The Kier molecular flexibility index (Phi) is 5.53. The third kappa shape index (κ3) is 3.12. The average Bonchev–Trinajstić information content (AvgIpc) is 1.95. The summed E-state index contributed by atoms with van der Waals surface area (Å²) in [5, 5.41) is 0. The van der Waals surface area contributed by atoms with E-state index in [4.69, 9.17) is 0 Å². The first kappa shape index (κ1) is 11.9. The Morgan fingerprint density at radius 1 is 1.33 bits per heavy atom. The van der Waals surface area contributed by atoms with Crippen LogP contribution < -0.4 is 0 Å². The molecule has 1 radical (unpaired) electrons. The molecular weight excluding hydrogens is 221 g/mol. The first-order valence-corrected chi connectivity index (χ1v) is 3.79. The molecule has 0 bridgehead atoms. The first-order valence-electron chi connectivity index (χ1n) is 3.79. The summed E-state index contributed by atoms with van der Waals surface area (Å²) < 4.78 is 0. The molecule has 0 atom stereocenters. The van der Waals surface area contributed by atoms with Crippen LogP contribution in [0.4, 0.5) is 0 Å². The maximum absolute atomic E-state index is 3.95. The largest absolute Gasteiger partial charge is 0.198 e. The molecule has 0 aliphatic carbocycles. The van der Waals surface area contributed by atoms with E-state index in [9.17, 15) is 0 Å². The van der Waals surface area contributed by atoms with Gasteiger partial charge in [-0.1, -0.05) is 19.1 Å². The summed E-state index contributed by atoms with van der Waals surface area (Å²) in [5.41, 5.74) is 3.57. The van der Waals surface area contributed by atoms with E-state index in [2.05, 4.69) is 38.1 Å². The van der Waals surface area contributed by atoms with Crippen LogP contribution in [0.5, 0.6) is 0 Å². The van der Waals surface area contributed by atoms with Crippen LogP contribution in [0, 0.1) is 13.8 Å². The molecule has 0 nitrogen and oxygen atoms in total. The zero-order valence-corrected chi connectivity index (χ0v) is 10.5. The summed E-state index contributed by atoms with van der Waals surface area (Å²) in [4.78, 5) is 0. The zero-order valence-electron chi connectivity index (χ0n) is 7.67. The Balaban J connectivity index is 0.00000121. The maximum atomic E-state index is 3.95. The number of benzene rings is 1. The van der Waals surface area contributed by atoms with Gasteiger partial charge in [0.05, 0.1) is 0 Å². The van der Waals surface area contributed by atoms with Gasteiger partial charge in [-0.15, -0.1) is 23.3 Å². The molecule has 1 aromatic carbocycles. The van der Waals surface area contributed by atoms with Crippen LogP contribution in [0.3, 0.4) is 0 Å². The molecule has 0 aliphatic heterocycles. The third-order valence-corrected chi connectivity index (χ3v) is 1.64. The molecule has 1 aromatic rings. The second-order valence-corrected chi connectivity index (χ2v) is 2.70. The van der Waals surface area contributed by atoms with Crippen molar-refractivity contribution >= 4 is 6.08 Å². The summed E-state index contributed by atoms with van der Waals surface area (Å²) in [5.74, 6) is 0. The van der Waals surface area contributed by atoms with Crippen molar-refractivity contribution in [3.8, 4) is 0 Å². The number of hydrogen-bond donors (Lipinski definition) is 0. The molecule has 0 fully saturated rings. The minimum Gasteiger partial charge on any atom is -0.198 e. The van der Waals surface area contributed by atoms with Crippen molar-refractivity contribution in [2.75, 3.05) is 0 Å². The van der Waals surface area contributed by atoms with Gasteiger partial charge in [0.15, 0.2) is 0 Å². The number of rotatable bonds is 1. The SMILES string of the molecule is [CH2-]c1cc(C)ccc1/C=C/C.[Y]. The van der Waals surface area contributed by atoms with E-state index in [1.54, 1.807) is 0 Å². The maximum Gasteiger partial charge on any atom is 0 e. The number of allylic oxidation sites excluding steroid dienone is 1. The molecule has 0 heterocycles. The van der Waals surface area contributed by atoms with Gasteiger partial charge in [0, 0.05) is 32.7 Å². The van der Waals surface area contributed by atoms with Crippen LogP contribution in [0.1, 0.15) is 23.6 Å². The van der Waals surface area contributed by atoms with Gasteiger partial charge in [0.25, 0.3) is 0 Å². The Morgan fingerprint density at radius 3 is 2.50 bits per heavy atom. The standard InChI is InChI=1S/C11H13.Y/c1-4-5-11-7-6-9(2)8-10(11)3;/h4-8H,3H2,1-2H3;/q-1;/b5-4+;. The van der Waals surface area contributed by atoms with Crippen molar-refractivity contribution in [1.82, 2.24) is 0 Å². The van der Waals surface area contributed by atoms with Gasteiger partial charge in [-0.2, -0.15) is 18.6 Å². The summed E-state index contributed by atoms with van der Waals surface area (Å²) >= 11 is 0. The van der Waals surface area contributed by atoms with E-state index in [0.29, 0.717) is 0 Å². The van der Waals surface area contributed by atoms with E-state index >= 15 is 0 Å². The molecule has 0 N–H and O–H groups in total. The Labute approximate surface area is 100.0 Å². The van der Waals surface area contributed by atoms with Gasteiger partial charge in [-0.25, -0.2) is 0 Å². The summed E-state index contributed by atoms with van der Waals surface area (Å²) in [6.45, 7) is 8.04. The summed E-state index contributed by atoms with van der Waals surface area (Å²) in [6, 6.07) is 6.29. The van der Waals surface area contributed by atoms with Crippen LogP contribution in [0.2, 0.25) is 0 Å². The smallest absolute Gasteiger partial charge is 0 e. The Morgan fingerprint density at radius 2 is 2.00 bits per heavy atom. The zero-order chi connectivity index (χ0) is 8.27. The van der Waals surface area contributed by atoms with Gasteiger partial charge >= 0.3 is 0 Å². The van der Waals surface area contributed by atoms with Gasteiger partial charge in [-0.3, -0.25) is 0 Å². The molecule has 12 heavy (non-hydrogen) atoms. The van der Waals surface area contributed by atoms with Crippen LogP contribution in [0.25, 0.3) is 6.08 Å². The molecule has 0 aliphatic rings. The van der Waals surface area contributed by atoms with Gasteiger partial charge in [0.2, 0.25) is 0 Å². The molecule has 0 amide bonds. The van der Waals surface area contributed by atoms with Crippen molar-refractivity contribution < 1.29 is 32.7 Å². The van der Waals surface area contributed by atoms with E-state index in [1.165, 1.54) is 11.1 Å². The molecule has 61 valence electrons. The van der Waals surface area contributed by atoms with Gasteiger partial charge in [-0.05, 0) is 6.92 Å². The van der Waals surface area contributed by atoms with Crippen molar-refractivity contribution in [2.45, 2.75) is 13.8 Å². The van der Waals surface area contributed by atoms with E-state index in [-0.39, 0.29) is 32.7 Å². The Bertz CT molecular complexity index is 274. The number of hydrogen-bond acceptors (Lipinski definition) is 0. The fourth-order valence-electron chi connectivity index (χ4n) is 1.08. The van der Waals surface area contributed by atoms with Crippen LogP contribution in [-0.4, -0.2) is 0 Å². The van der Waals surface area contributed by atoms with Crippen LogP contribution >= 0.6 is 0 Å². The van der Waals surface area contributed by atoms with E-state index in [0.717, 1.165) is 5.56 Å². The third-order valence-electron chi connectivity index (χ3n) is 1.64. The van der Waals surface area contributed by atoms with Crippen LogP contribution in [0.15, 0.2) is 24.3 Å². The monoisotopic (exact) mass is 234 g/mol. The van der Waals surface area contributed by atoms with Gasteiger partial charge < -0.3 is 0 Å². The predicted octanol–water partition coefficient (Wildman–Crippen LogP) is 3.21. The van der Waals surface area contributed by atoms with Crippen molar-refractivity contribution in [3.63, 3.8) is 0 Å². The average molecular weight is 234 g/mol. The second-order valence-electron chi connectivity index (χ2n) is 2.70. The topological polar surface area (TPSA) is 0 Å². The molecule has 0 unspecified atom stereocenters. The van der Waals surface area contributed by atoms with E-state index < -0.39 is 0 Å². The summed E-state index contributed by atoms with van der Waals surface area (Å²) in [6.07, 6.45) is 4.10. The van der Waals surface area contributed by atoms with Crippen molar-refractivity contribution in [1.29, 1.82) is 0 Å². The Hall–Kier alpha value is -0.0661. The molecule has 0 spiro atoms. The van der Waals surface area contributed by atoms with Crippen LogP contribution in [-0.2, 0) is 32.7 Å². The normalized spacial score (nSPS) is 9.83. The molecular formula is C11H13Y-. The van der Waals surface area contributed by atoms with E-state index in [1.807, 2.05) is 13.0 Å². The summed E-state index contributed by atoms with van der Waals surface area (Å²) in [7, 11) is 0. The van der Waals surface area contributed by atoms with Crippen molar-refractivity contribution in [3.05, 3.63) is 47.9 Å². The molecule has 0 saturated heterocycles. The number of aryl methyl sites for hydroxylation is 1. The molecule has 1 rings (SSSR count). The first-order chi connectivity index (χ1) is 5.24. The predicted molar refractivity (Wildman–Crippen MR) is 50.3 cm³/mol. The minimum atomic E-state index is 0. The second kappa shape index (κ2) is 5.56. The fraction of sp³-hybridized carbons (Fsp3) is 0.182. The van der Waals surface area contributed by atoms with Gasteiger partial charge in [0.1, 0.15) is 0 Å². The quantitative estimate of drug-likeness (QED) is 0.654. The molecule has 1 heteroatoms. The molecule has 0 aromatic heterocycles. The minimum absolute atomic E-state index is 0. The molecule has 0 saturated carbocycles.